The van der Waals surface area contributed by atoms with Gasteiger partial charge in [-0.3, -0.25) is 9.36 Å². The molecule has 1 aromatic heterocycles. The molecule has 7 nitrogen and oxygen atoms in total. The number of halogens is 3. The van der Waals surface area contributed by atoms with E-state index in [1.807, 2.05) is 30.5 Å². The predicted octanol–water partition coefficient (Wildman–Crippen LogP) is 5.23. The van der Waals surface area contributed by atoms with Gasteiger partial charge in [-0.2, -0.15) is 11.8 Å². The smallest absolute Gasteiger partial charge is 0.260 e. The van der Waals surface area contributed by atoms with Gasteiger partial charge in [-0.15, -0.1) is 0 Å². The first-order valence-electron chi connectivity index (χ1n) is 10.2. The molecule has 0 spiro atoms. The number of carbonyl (C=O) groups is 1. The molecule has 1 unspecified atom stereocenters. The van der Waals surface area contributed by atoms with E-state index in [9.17, 15) is 13.2 Å². The lowest BCUT2D eigenvalue weighted by Gasteiger charge is -2.26. The molecule has 0 saturated heterocycles. The molecule has 0 aliphatic carbocycles. The summed E-state index contributed by atoms with van der Waals surface area (Å²) in [6.07, 6.45) is 3.43. The van der Waals surface area contributed by atoms with E-state index in [0.717, 1.165) is 10.0 Å². The van der Waals surface area contributed by atoms with Gasteiger partial charge in [0.15, 0.2) is 5.03 Å². The van der Waals surface area contributed by atoms with Crippen molar-refractivity contribution in [2.45, 2.75) is 23.9 Å². The molecule has 0 fully saturated rings. The van der Waals surface area contributed by atoms with Crippen molar-refractivity contribution in [2.24, 2.45) is 0 Å². The molecule has 2 aromatic carbocycles. The maximum atomic E-state index is 13.9. The molecule has 34 heavy (non-hydrogen) atoms. The fourth-order valence-corrected chi connectivity index (χ4v) is 6.42. The molecular weight excluding hydrogens is 583 g/mol. The van der Waals surface area contributed by atoms with Gasteiger partial charge in [0.25, 0.3) is 15.9 Å². The van der Waals surface area contributed by atoms with E-state index in [1.165, 1.54) is 27.4 Å². The zero-order valence-electron chi connectivity index (χ0n) is 18.3. The molecule has 3 aromatic rings. The number of fused-ring (bicyclic) bond motifs is 1. The Kier molecular flexibility index (Phi) is 7.38. The van der Waals surface area contributed by atoms with Crippen molar-refractivity contribution < 1.29 is 13.2 Å². The third-order valence-electron chi connectivity index (χ3n) is 5.51. The van der Waals surface area contributed by atoms with E-state index in [4.69, 9.17) is 23.2 Å². The van der Waals surface area contributed by atoms with Crippen LogP contribution in [-0.2, 0) is 26.8 Å². The summed E-state index contributed by atoms with van der Waals surface area (Å²) >= 11 is 17.4. The van der Waals surface area contributed by atoms with E-state index < -0.39 is 15.6 Å². The van der Waals surface area contributed by atoms with Gasteiger partial charge in [0.05, 0.1) is 11.9 Å². The van der Waals surface area contributed by atoms with Crippen molar-refractivity contribution in [3.8, 4) is 0 Å². The van der Waals surface area contributed by atoms with Crippen LogP contribution < -0.4 is 9.62 Å². The highest BCUT2D eigenvalue weighted by Crippen LogP contribution is 2.44. The zero-order valence-corrected chi connectivity index (χ0v) is 23.0. The maximum absolute atomic E-state index is 13.9. The molecule has 180 valence electrons. The number of sulfonamides is 1. The lowest BCUT2D eigenvalue weighted by molar-refractivity contribution is -0.124. The second-order valence-electron chi connectivity index (χ2n) is 7.97. The van der Waals surface area contributed by atoms with Gasteiger partial charge < -0.3 is 0 Å². The van der Waals surface area contributed by atoms with Crippen LogP contribution in [0.4, 0.5) is 11.6 Å². The Morgan fingerprint density at radius 1 is 1.15 bits per heavy atom. The summed E-state index contributed by atoms with van der Waals surface area (Å²) in [5.74, 6) is 0.466. The number of carbonyl (C=O) groups excluding carboxylic acids is 1. The van der Waals surface area contributed by atoms with Crippen LogP contribution in [0.15, 0.2) is 58.2 Å². The normalized spacial score (nSPS) is 17.9. The minimum Gasteiger partial charge on any atom is -0.284 e. The van der Waals surface area contributed by atoms with Crippen molar-refractivity contribution in [2.75, 3.05) is 23.5 Å². The number of aromatic nitrogens is 2. The Balaban J connectivity index is 1.87. The third-order valence-corrected chi connectivity index (χ3v) is 8.51. The van der Waals surface area contributed by atoms with E-state index in [2.05, 4.69) is 25.6 Å². The summed E-state index contributed by atoms with van der Waals surface area (Å²) in [7, 11) is -3.93. The molecule has 0 radical (unpaired) electrons. The fraction of sp³-hybridized carbons (Fsp3) is 0.273. The second-order valence-corrected chi connectivity index (χ2v) is 12.5. The van der Waals surface area contributed by atoms with Gasteiger partial charge in [-0.05, 0) is 49.1 Å². The van der Waals surface area contributed by atoms with Crippen LogP contribution in [0.3, 0.4) is 0 Å². The molecule has 0 saturated carbocycles. The zero-order chi connectivity index (χ0) is 24.7. The van der Waals surface area contributed by atoms with Crippen molar-refractivity contribution in [1.29, 1.82) is 0 Å². The number of anilines is 2. The minimum absolute atomic E-state index is 0.0767. The first kappa shape index (κ1) is 25.5. The Labute approximate surface area is 221 Å². The molecule has 1 amide bonds. The SMILES string of the molecule is CSCCNS(=O)(=O)c1cnc2n1C(C)(Cc1ccc(Br)cc1)C(=O)N2c1cc(Cl)cc(Cl)c1. The maximum Gasteiger partial charge on any atom is 0.260 e. The van der Waals surface area contributed by atoms with Gasteiger partial charge in [0.1, 0.15) is 5.54 Å². The fourth-order valence-electron chi connectivity index (χ4n) is 3.97. The molecular formula is C22H21BrCl2N4O3S2. The molecule has 1 N–H and O–H groups in total. The van der Waals surface area contributed by atoms with E-state index >= 15 is 0 Å². The third kappa shape index (κ3) is 4.76. The lowest BCUT2D eigenvalue weighted by atomic mass is 9.92. The molecule has 0 bridgehead atoms. The van der Waals surface area contributed by atoms with Crippen molar-refractivity contribution in [3.63, 3.8) is 0 Å². The standard InChI is InChI=1S/C22H21BrCl2N4O3S2/c1-22(12-14-3-5-15(23)6-4-14)20(30)28(18-10-16(24)9-17(25)11-18)21-26-13-19(29(21)22)34(31,32)27-7-8-33-2/h3-6,9-11,13,27H,7-8,12H2,1-2H3. The quantitative estimate of drug-likeness (QED) is 0.356. The first-order valence-corrected chi connectivity index (χ1v) is 14.6. The van der Waals surface area contributed by atoms with Crippen LogP contribution >= 0.6 is 50.9 Å². The van der Waals surface area contributed by atoms with E-state index in [0.29, 0.717) is 21.5 Å². The topological polar surface area (TPSA) is 84.3 Å². The average molecular weight is 604 g/mol. The van der Waals surface area contributed by atoms with Crippen LogP contribution in [0.1, 0.15) is 12.5 Å². The summed E-state index contributed by atoms with van der Waals surface area (Å²) in [5, 5.41) is 0.621. The van der Waals surface area contributed by atoms with Gasteiger partial charge in [0.2, 0.25) is 5.95 Å². The van der Waals surface area contributed by atoms with Gasteiger partial charge in [0, 0.05) is 33.2 Å². The van der Waals surface area contributed by atoms with Crippen LogP contribution in [0.2, 0.25) is 10.0 Å². The Hall–Kier alpha value is -1.56. The summed E-state index contributed by atoms with van der Waals surface area (Å²) in [4.78, 5) is 19.7. The number of hydrogen-bond acceptors (Lipinski definition) is 5. The number of nitrogens with one attached hydrogen (secondary N) is 1. The average Bonchev–Trinajstić information content (AvgIpc) is 3.28. The molecule has 12 heteroatoms. The van der Waals surface area contributed by atoms with Crippen LogP contribution in [0.5, 0.6) is 0 Å². The Morgan fingerprint density at radius 3 is 2.41 bits per heavy atom. The van der Waals surface area contributed by atoms with E-state index in [1.54, 1.807) is 25.1 Å². The van der Waals surface area contributed by atoms with Crippen LogP contribution in [0, 0.1) is 0 Å². The Morgan fingerprint density at radius 2 is 1.79 bits per heavy atom. The molecule has 2 heterocycles. The largest absolute Gasteiger partial charge is 0.284 e. The van der Waals surface area contributed by atoms with Gasteiger partial charge >= 0.3 is 0 Å². The number of nitrogens with zero attached hydrogens (tertiary/aromatic N) is 3. The second kappa shape index (κ2) is 9.83. The minimum atomic E-state index is -3.93. The molecule has 1 atom stereocenters. The molecule has 1 aliphatic heterocycles. The highest BCUT2D eigenvalue weighted by Gasteiger charge is 2.51. The Bertz CT molecular complexity index is 1330. The summed E-state index contributed by atoms with van der Waals surface area (Å²) < 4.78 is 31.4. The molecule has 1 aliphatic rings. The highest BCUT2D eigenvalue weighted by molar-refractivity contribution is 9.10. The summed E-state index contributed by atoms with van der Waals surface area (Å²) in [6.45, 7) is 1.98. The highest BCUT2D eigenvalue weighted by atomic mass is 79.9. The van der Waals surface area contributed by atoms with Crippen LogP contribution in [0.25, 0.3) is 0 Å². The van der Waals surface area contributed by atoms with E-state index in [-0.39, 0.29) is 29.8 Å². The number of rotatable bonds is 8. The van der Waals surface area contributed by atoms with Crippen molar-refractivity contribution in [1.82, 2.24) is 14.3 Å². The number of amides is 1. The monoisotopic (exact) mass is 602 g/mol. The van der Waals surface area contributed by atoms with Crippen LogP contribution in [-0.4, -0.2) is 42.4 Å². The number of imidazole rings is 1. The number of benzene rings is 2. The number of hydrogen-bond donors (Lipinski definition) is 1. The molecule has 4 rings (SSSR count). The number of thioether (sulfide) groups is 1. The first-order chi connectivity index (χ1) is 16.1. The van der Waals surface area contributed by atoms with Crippen molar-refractivity contribution >= 4 is 78.5 Å². The lowest BCUT2D eigenvalue weighted by Crippen LogP contribution is -2.42. The van der Waals surface area contributed by atoms with Gasteiger partial charge in [-0.1, -0.05) is 51.3 Å². The summed E-state index contributed by atoms with van der Waals surface area (Å²) in [6, 6.07) is 12.3. The summed E-state index contributed by atoms with van der Waals surface area (Å²) in [5.41, 5.74) is 0.00875. The van der Waals surface area contributed by atoms with Gasteiger partial charge in [-0.25, -0.2) is 23.0 Å². The predicted molar refractivity (Wildman–Crippen MR) is 141 cm³/mol. The van der Waals surface area contributed by atoms with Crippen molar-refractivity contribution in [3.05, 3.63) is 68.7 Å².